The van der Waals surface area contributed by atoms with Crippen LogP contribution in [-0.4, -0.2) is 59.7 Å². The summed E-state index contributed by atoms with van der Waals surface area (Å²) in [4.78, 5) is 32.2. The molecule has 1 aromatic carbocycles. The Bertz CT molecular complexity index is 743. The maximum atomic E-state index is 12.2. The summed E-state index contributed by atoms with van der Waals surface area (Å²) >= 11 is 0. The fourth-order valence-corrected chi connectivity index (χ4v) is 2.66. The lowest BCUT2D eigenvalue weighted by atomic mass is 10.2. The lowest BCUT2D eigenvalue weighted by Gasteiger charge is -2.35. The van der Waals surface area contributed by atoms with Crippen molar-refractivity contribution < 1.29 is 19.4 Å². The minimum Gasteiger partial charge on any atom is -0.508 e. The Hall–Kier alpha value is -3.09. The number of hydrogen-bond acceptors (Lipinski definition) is 6. The quantitative estimate of drug-likeness (QED) is 0.844. The van der Waals surface area contributed by atoms with Crippen molar-refractivity contribution >= 4 is 17.7 Å². The predicted molar refractivity (Wildman–Crippen MR) is 91.4 cm³/mol. The highest BCUT2D eigenvalue weighted by Crippen LogP contribution is 2.14. The van der Waals surface area contributed by atoms with Crippen molar-refractivity contribution in [3.63, 3.8) is 0 Å². The molecule has 1 aliphatic rings. The molecule has 130 valence electrons. The number of anilines is 1. The van der Waals surface area contributed by atoms with Gasteiger partial charge in [-0.25, -0.2) is 9.78 Å². The fraction of sp³-hybridized carbons (Fsp3) is 0.278. The van der Waals surface area contributed by atoms with E-state index in [9.17, 15) is 14.7 Å². The Balaban J connectivity index is 1.47. The molecule has 1 aromatic heterocycles. The Labute approximate surface area is 145 Å². The molecule has 0 radical (unpaired) electrons. The molecule has 7 heteroatoms. The van der Waals surface area contributed by atoms with E-state index in [0.717, 1.165) is 5.82 Å². The summed E-state index contributed by atoms with van der Waals surface area (Å²) in [5.74, 6) is 0.0156. The average molecular weight is 341 g/mol. The molecule has 1 aliphatic heterocycles. The first-order valence-corrected chi connectivity index (χ1v) is 8.03. The number of piperazine rings is 1. The first-order valence-electron chi connectivity index (χ1n) is 8.03. The van der Waals surface area contributed by atoms with E-state index in [1.54, 1.807) is 17.2 Å². The van der Waals surface area contributed by atoms with Crippen LogP contribution in [0.1, 0.15) is 10.4 Å². The third kappa shape index (κ3) is 4.26. The zero-order chi connectivity index (χ0) is 17.6. The highest BCUT2D eigenvalue weighted by Gasteiger charge is 2.22. The number of esters is 1. The van der Waals surface area contributed by atoms with Crippen molar-refractivity contribution in [2.24, 2.45) is 0 Å². The number of aromatic hydroxyl groups is 1. The van der Waals surface area contributed by atoms with Crippen molar-refractivity contribution in [1.82, 2.24) is 9.88 Å². The normalized spacial score (nSPS) is 14.2. The van der Waals surface area contributed by atoms with Gasteiger partial charge in [0.15, 0.2) is 6.61 Å². The molecule has 0 unspecified atom stereocenters. The third-order valence-electron chi connectivity index (χ3n) is 4.01. The van der Waals surface area contributed by atoms with Crippen LogP contribution in [-0.2, 0) is 9.53 Å². The summed E-state index contributed by atoms with van der Waals surface area (Å²) < 4.78 is 5.04. The molecule has 1 fully saturated rings. The van der Waals surface area contributed by atoms with Crippen LogP contribution in [0.15, 0.2) is 48.7 Å². The van der Waals surface area contributed by atoms with Gasteiger partial charge >= 0.3 is 5.97 Å². The van der Waals surface area contributed by atoms with Crippen LogP contribution in [0, 0.1) is 0 Å². The van der Waals surface area contributed by atoms with E-state index in [4.69, 9.17) is 4.74 Å². The van der Waals surface area contributed by atoms with E-state index in [0.29, 0.717) is 26.2 Å². The number of aromatic nitrogens is 1. The van der Waals surface area contributed by atoms with Gasteiger partial charge in [-0.2, -0.15) is 0 Å². The first-order chi connectivity index (χ1) is 12.1. The molecule has 25 heavy (non-hydrogen) atoms. The number of ether oxygens (including phenoxy) is 1. The van der Waals surface area contributed by atoms with E-state index in [2.05, 4.69) is 9.88 Å². The number of carbonyl (C=O) groups is 2. The second-order valence-corrected chi connectivity index (χ2v) is 5.68. The third-order valence-corrected chi connectivity index (χ3v) is 4.01. The predicted octanol–water partition coefficient (Wildman–Crippen LogP) is 1.29. The van der Waals surface area contributed by atoms with Gasteiger partial charge in [-0.1, -0.05) is 12.1 Å². The maximum Gasteiger partial charge on any atom is 0.338 e. The van der Waals surface area contributed by atoms with Gasteiger partial charge in [0.2, 0.25) is 0 Å². The molecule has 2 aromatic rings. The number of benzene rings is 1. The van der Waals surface area contributed by atoms with Crippen molar-refractivity contribution in [2.45, 2.75) is 0 Å². The van der Waals surface area contributed by atoms with Gasteiger partial charge in [0.05, 0.1) is 5.56 Å². The zero-order valence-electron chi connectivity index (χ0n) is 13.7. The van der Waals surface area contributed by atoms with Gasteiger partial charge in [0, 0.05) is 32.4 Å². The molecular weight excluding hydrogens is 322 g/mol. The standard InChI is InChI=1S/C18H19N3O4/c22-15-5-3-4-14(12-15)18(24)25-13-17(23)21-10-8-20(9-11-21)16-6-1-2-7-19-16/h1-7,12,22H,8-11,13H2. The van der Waals surface area contributed by atoms with Crippen LogP contribution >= 0.6 is 0 Å². The maximum absolute atomic E-state index is 12.2. The van der Waals surface area contributed by atoms with Crippen molar-refractivity contribution in [3.05, 3.63) is 54.2 Å². The highest BCUT2D eigenvalue weighted by atomic mass is 16.5. The van der Waals surface area contributed by atoms with Gasteiger partial charge < -0.3 is 19.6 Å². The Morgan fingerprint density at radius 3 is 2.56 bits per heavy atom. The summed E-state index contributed by atoms with van der Waals surface area (Å²) in [6, 6.07) is 11.6. The number of nitrogens with zero attached hydrogens (tertiary/aromatic N) is 3. The molecule has 0 saturated carbocycles. The number of amides is 1. The molecule has 2 heterocycles. The number of hydrogen-bond donors (Lipinski definition) is 1. The van der Waals surface area contributed by atoms with Gasteiger partial charge in [0.25, 0.3) is 5.91 Å². The van der Waals surface area contributed by atoms with E-state index in [-0.39, 0.29) is 23.8 Å². The van der Waals surface area contributed by atoms with E-state index in [1.807, 2.05) is 18.2 Å². The molecular formula is C18H19N3O4. The fourth-order valence-electron chi connectivity index (χ4n) is 2.66. The minimum absolute atomic E-state index is 0.0218. The van der Waals surface area contributed by atoms with E-state index < -0.39 is 5.97 Å². The number of carbonyl (C=O) groups excluding carboxylic acids is 2. The van der Waals surface area contributed by atoms with Crippen LogP contribution < -0.4 is 4.90 Å². The summed E-state index contributed by atoms with van der Waals surface area (Å²) in [6.07, 6.45) is 1.74. The number of phenols is 1. The average Bonchev–Trinajstić information content (AvgIpc) is 2.66. The number of rotatable bonds is 4. The lowest BCUT2D eigenvalue weighted by molar-refractivity contribution is -0.134. The van der Waals surface area contributed by atoms with Crippen LogP contribution in [0.4, 0.5) is 5.82 Å². The Morgan fingerprint density at radius 2 is 1.88 bits per heavy atom. The Morgan fingerprint density at radius 1 is 1.08 bits per heavy atom. The molecule has 0 atom stereocenters. The monoisotopic (exact) mass is 341 g/mol. The molecule has 1 N–H and O–H groups in total. The van der Waals surface area contributed by atoms with E-state index in [1.165, 1.54) is 18.2 Å². The molecule has 7 nitrogen and oxygen atoms in total. The second-order valence-electron chi connectivity index (χ2n) is 5.68. The largest absolute Gasteiger partial charge is 0.508 e. The first kappa shape index (κ1) is 16.8. The van der Waals surface area contributed by atoms with E-state index >= 15 is 0 Å². The van der Waals surface area contributed by atoms with Gasteiger partial charge in [-0.3, -0.25) is 4.79 Å². The second kappa shape index (κ2) is 7.65. The topological polar surface area (TPSA) is 83.0 Å². The molecule has 0 aliphatic carbocycles. The van der Waals surface area contributed by atoms with Crippen LogP contribution in [0.25, 0.3) is 0 Å². The Kier molecular flexibility index (Phi) is 5.13. The summed E-state index contributed by atoms with van der Waals surface area (Å²) in [5.41, 5.74) is 0.216. The van der Waals surface area contributed by atoms with Crippen LogP contribution in [0.3, 0.4) is 0 Å². The highest BCUT2D eigenvalue weighted by molar-refractivity contribution is 5.91. The smallest absolute Gasteiger partial charge is 0.338 e. The number of pyridine rings is 1. The molecule has 0 spiro atoms. The SMILES string of the molecule is O=C(OCC(=O)N1CCN(c2ccccn2)CC1)c1cccc(O)c1. The van der Waals surface area contributed by atoms with Crippen LogP contribution in [0.2, 0.25) is 0 Å². The van der Waals surface area contributed by atoms with Gasteiger partial charge in [0.1, 0.15) is 11.6 Å². The summed E-state index contributed by atoms with van der Waals surface area (Å²) in [6.45, 7) is 2.17. The molecule has 1 amide bonds. The molecule has 3 rings (SSSR count). The molecule has 0 bridgehead atoms. The van der Waals surface area contributed by atoms with Crippen molar-refractivity contribution in [2.75, 3.05) is 37.7 Å². The van der Waals surface area contributed by atoms with Crippen molar-refractivity contribution in [1.29, 1.82) is 0 Å². The summed E-state index contributed by atoms with van der Waals surface area (Å²) in [7, 11) is 0. The summed E-state index contributed by atoms with van der Waals surface area (Å²) in [5, 5.41) is 9.37. The van der Waals surface area contributed by atoms with Crippen molar-refractivity contribution in [3.8, 4) is 5.75 Å². The van der Waals surface area contributed by atoms with Gasteiger partial charge in [-0.15, -0.1) is 0 Å². The zero-order valence-corrected chi connectivity index (χ0v) is 13.7. The van der Waals surface area contributed by atoms with Crippen LogP contribution in [0.5, 0.6) is 5.75 Å². The number of phenolic OH excluding ortho intramolecular Hbond substituents is 1. The molecule has 1 saturated heterocycles. The lowest BCUT2D eigenvalue weighted by Crippen LogP contribution is -2.50. The minimum atomic E-state index is -0.628. The van der Waals surface area contributed by atoms with Gasteiger partial charge in [-0.05, 0) is 30.3 Å².